The summed E-state index contributed by atoms with van der Waals surface area (Å²) in [5.41, 5.74) is 37.9. The van der Waals surface area contributed by atoms with E-state index in [-0.39, 0.29) is 88.7 Å². The Morgan fingerprint density at radius 2 is 1.15 bits per heavy atom. The van der Waals surface area contributed by atoms with Crippen LogP contribution in [0.15, 0.2) is 69.7 Å². The Kier molecular flexibility index (Phi) is 23.6. The molecule has 79 heavy (non-hydrogen) atoms. The Morgan fingerprint density at radius 3 is 1.72 bits per heavy atom. The fraction of sp³-hybridized carbons (Fsp3) is 0.540. The smallest absolute Gasteiger partial charge is 0.326 e. The highest BCUT2D eigenvalue weighted by Crippen LogP contribution is 2.26. The van der Waals surface area contributed by atoms with Gasteiger partial charge in [-0.1, -0.05) is 59.7 Å². The summed E-state index contributed by atoms with van der Waals surface area (Å²) >= 11 is 0. The summed E-state index contributed by atoms with van der Waals surface area (Å²) < 4.78 is 0. The highest BCUT2D eigenvalue weighted by atomic mass is 16.4. The average Bonchev–Trinajstić information content (AvgIpc) is 4.27. The molecule has 3 fully saturated rings. The molecule has 0 aromatic heterocycles. The summed E-state index contributed by atoms with van der Waals surface area (Å²) in [6.07, 6.45) is 2.76. The number of carbonyl (C=O) groups excluding carboxylic acids is 8. The van der Waals surface area contributed by atoms with Crippen molar-refractivity contribution in [2.24, 2.45) is 43.8 Å². The van der Waals surface area contributed by atoms with Crippen LogP contribution >= 0.6 is 0 Å². The highest BCUT2D eigenvalue weighted by Gasteiger charge is 2.44. The first kappa shape index (κ1) is 61.3. The lowest BCUT2D eigenvalue weighted by Gasteiger charge is -2.32. The van der Waals surface area contributed by atoms with Gasteiger partial charge in [-0.2, -0.15) is 0 Å². The molecule has 2 aromatic carbocycles. The van der Waals surface area contributed by atoms with Gasteiger partial charge in [-0.15, -0.1) is 0 Å². The Bertz CT molecular complexity index is 2590. The second-order valence-corrected chi connectivity index (χ2v) is 19.4. The molecule has 5 rings (SSSR count). The van der Waals surface area contributed by atoms with Gasteiger partial charge in [-0.25, -0.2) is 4.79 Å². The van der Waals surface area contributed by atoms with Crippen molar-refractivity contribution in [3.05, 3.63) is 76.2 Å². The number of aliphatic carboxylic acids is 1. The van der Waals surface area contributed by atoms with E-state index in [2.05, 4.69) is 46.6 Å². The van der Waals surface area contributed by atoms with Gasteiger partial charge >= 0.3 is 5.97 Å². The number of rotatable bonds is 28. The molecule has 2 aromatic rings. The minimum Gasteiger partial charge on any atom is -0.480 e. The molecule has 3 aliphatic rings. The first-order valence-electron chi connectivity index (χ1n) is 26.1. The summed E-state index contributed by atoms with van der Waals surface area (Å²) in [5, 5.41) is 36.8. The molecule has 0 unspecified atom stereocenters. The standard InChI is InChI=1S/C50H72N18O11/c51-32(11-4-20-57-49(52)53)45(75)68-24-8-15-39(68)47(77)67-23-6-13-37(67)43(73)59-27-40(70)60-34(26-30-16-18-31(19-17-30)64-65-56)41(71)63-36(28-69)46(76)66-22-7-14-38(66)44(74)62-35(25-29-9-2-1-3-10-29)42(72)61-33(48(78)79)12-5-21-58-50(54)55/h1-3,9-10,16-19,32-39,69H,4-8,11-15,20-28,51H2,(H,59,73)(H,60,70)(H,61,72)(H,62,74)(H,63,71)(H,78,79)(H4,52,53,57)(H4,54,55,58)/t32-,33-,34-,35-,36-,37-,38-,39-/m0/s1. The predicted molar refractivity (Wildman–Crippen MR) is 287 cm³/mol. The SMILES string of the molecule is [N-]=[N+]=Nc1ccc(C[C@H](NC(=O)CNC(=O)[C@@H]2CCCN2C(=O)[C@@H]2CCCN2C(=O)[C@@H](N)CCCN=C(N)N)C(=O)N[C@@H](CO)C(=O)N2CCC[C@H]2C(=O)N[C@@H](Cc2ccccc2)C(=O)N[C@@H](CCCN=C(N)N)C(=O)O)cc1. The summed E-state index contributed by atoms with van der Waals surface area (Å²) in [6, 6.07) is 5.00. The second-order valence-electron chi connectivity index (χ2n) is 19.4. The number of aliphatic hydroxyl groups is 1. The number of aliphatic hydroxyl groups excluding tert-OH is 1. The molecule has 0 bridgehead atoms. The van der Waals surface area contributed by atoms with Crippen molar-refractivity contribution in [2.45, 2.75) is 125 Å². The van der Waals surface area contributed by atoms with E-state index >= 15 is 0 Å². The maximum absolute atomic E-state index is 14.2. The number of nitrogens with two attached hydrogens (primary N) is 5. The van der Waals surface area contributed by atoms with Gasteiger partial charge < -0.3 is 80.2 Å². The monoisotopic (exact) mass is 1100 g/mol. The minimum atomic E-state index is -1.64. The van der Waals surface area contributed by atoms with E-state index in [4.69, 9.17) is 34.2 Å². The molecule has 0 radical (unpaired) electrons. The first-order chi connectivity index (χ1) is 37.8. The third-order valence-corrected chi connectivity index (χ3v) is 13.7. The van der Waals surface area contributed by atoms with E-state index in [1.54, 1.807) is 30.3 Å². The Labute approximate surface area is 455 Å². The van der Waals surface area contributed by atoms with Gasteiger partial charge in [-0.05, 0) is 80.9 Å². The number of carbonyl (C=O) groups is 9. The molecule has 3 heterocycles. The van der Waals surface area contributed by atoms with E-state index in [9.17, 15) is 53.4 Å². The van der Waals surface area contributed by atoms with Crippen LogP contribution in [0, 0.1) is 0 Å². The number of hydrogen-bond donors (Lipinski definition) is 12. The number of likely N-dealkylation sites (tertiary alicyclic amines) is 3. The molecule has 29 nitrogen and oxygen atoms in total. The number of azide groups is 1. The summed E-state index contributed by atoms with van der Waals surface area (Å²) in [5.74, 6) is -7.27. The average molecular weight is 1100 g/mol. The van der Waals surface area contributed by atoms with Gasteiger partial charge in [0.1, 0.15) is 42.3 Å². The van der Waals surface area contributed by atoms with Crippen LogP contribution in [0.5, 0.6) is 0 Å². The topological polar surface area (TPSA) is 468 Å². The molecule has 8 atom stereocenters. The van der Waals surface area contributed by atoms with Crippen molar-refractivity contribution in [3.63, 3.8) is 0 Å². The van der Waals surface area contributed by atoms with Crippen LogP contribution in [-0.2, 0) is 56.0 Å². The van der Waals surface area contributed by atoms with E-state index < -0.39 is 115 Å². The number of carboxylic acids is 1. The quantitative estimate of drug-likeness (QED) is 0.0101. The number of benzene rings is 2. The molecule has 0 aliphatic carbocycles. The Hall–Kier alpha value is -8.56. The summed E-state index contributed by atoms with van der Waals surface area (Å²) in [6.45, 7) is -0.648. The van der Waals surface area contributed by atoms with E-state index in [0.717, 1.165) is 4.90 Å². The van der Waals surface area contributed by atoms with Crippen molar-refractivity contribution in [1.29, 1.82) is 0 Å². The van der Waals surface area contributed by atoms with Gasteiger partial charge in [-0.3, -0.25) is 48.3 Å². The second kappa shape index (κ2) is 30.4. The lowest BCUT2D eigenvalue weighted by atomic mass is 10.0. The van der Waals surface area contributed by atoms with Crippen LogP contribution in [0.4, 0.5) is 5.69 Å². The van der Waals surface area contributed by atoms with Gasteiger partial charge in [0.2, 0.25) is 47.3 Å². The van der Waals surface area contributed by atoms with Crippen LogP contribution in [0.2, 0.25) is 0 Å². The van der Waals surface area contributed by atoms with E-state index in [1.807, 2.05) is 0 Å². The maximum Gasteiger partial charge on any atom is 0.326 e. The normalized spacial score (nSPS) is 18.6. The fourth-order valence-corrected chi connectivity index (χ4v) is 9.68. The van der Waals surface area contributed by atoms with Crippen molar-refractivity contribution >= 4 is 70.8 Å². The number of guanidine groups is 2. The number of aliphatic imine (C=N–C) groups is 2. The van der Waals surface area contributed by atoms with Crippen LogP contribution in [0.25, 0.3) is 10.4 Å². The van der Waals surface area contributed by atoms with E-state index in [0.29, 0.717) is 49.8 Å². The number of hydrogen-bond acceptors (Lipinski definition) is 14. The van der Waals surface area contributed by atoms with Gasteiger partial charge in [0, 0.05) is 56.2 Å². The number of carboxylic acid groups (broad SMARTS) is 1. The number of amides is 8. The van der Waals surface area contributed by atoms with Gasteiger partial charge in [0.05, 0.1) is 19.2 Å². The third kappa shape index (κ3) is 18.3. The predicted octanol–water partition coefficient (Wildman–Crippen LogP) is -3.05. The zero-order valence-corrected chi connectivity index (χ0v) is 43.8. The molecule has 0 spiro atoms. The van der Waals surface area contributed by atoms with Crippen molar-refractivity contribution in [2.75, 3.05) is 45.9 Å². The van der Waals surface area contributed by atoms with Crippen LogP contribution in [-0.4, -0.2) is 184 Å². The van der Waals surface area contributed by atoms with Crippen LogP contribution in [0.3, 0.4) is 0 Å². The van der Waals surface area contributed by atoms with Crippen LogP contribution in [0.1, 0.15) is 75.3 Å². The zero-order chi connectivity index (χ0) is 57.6. The first-order valence-corrected chi connectivity index (χ1v) is 26.1. The Balaban J connectivity index is 1.24. The summed E-state index contributed by atoms with van der Waals surface area (Å²) in [7, 11) is 0. The molecule has 3 aliphatic heterocycles. The molecule has 0 saturated carbocycles. The van der Waals surface area contributed by atoms with Gasteiger partial charge in [0.15, 0.2) is 11.9 Å². The summed E-state index contributed by atoms with van der Waals surface area (Å²) in [4.78, 5) is 137. The zero-order valence-electron chi connectivity index (χ0n) is 43.8. The molecule has 3 saturated heterocycles. The van der Waals surface area contributed by atoms with Crippen molar-refractivity contribution in [3.8, 4) is 0 Å². The Morgan fingerprint density at radius 1 is 0.633 bits per heavy atom. The molecule has 428 valence electrons. The van der Waals surface area contributed by atoms with Crippen LogP contribution < -0.4 is 55.3 Å². The lowest BCUT2D eigenvalue weighted by molar-refractivity contribution is -0.147. The minimum absolute atomic E-state index is 0.0190. The molecule has 29 heteroatoms. The largest absolute Gasteiger partial charge is 0.480 e. The molecular formula is C50H72N18O11. The van der Waals surface area contributed by atoms with Crippen molar-refractivity contribution < 1.29 is 53.4 Å². The number of nitrogens with zero attached hydrogens (tertiary/aromatic N) is 8. The number of nitrogens with one attached hydrogen (secondary N) is 5. The van der Waals surface area contributed by atoms with Gasteiger partial charge in [0.25, 0.3) is 0 Å². The van der Waals surface area contributed by atoms with Crippen molar-refractivity contribution in [1.82, 2.24) is 41.3 Å². The molecular weight excluding hydrogens is 1030 g/mol. The maximum atomic E-state index is 14.2. The fourth-order valence-electron chi connectivity index (χ4n) is 9.68. The molecule has 17 N–H and O–H groups in total. The highest BCUT2D eigenvalue weighted by molar-refractivity contribution is 5.98. The van der Waals surface area contributed by atoms with E-state index in [1.165, 1.54) is 34.1 Å². The third-order valence-electron chi connectivity index (χ3n) is 13.7. The lowest BCUT2D eigenvalue weighted by Crippen LogP contribution is -2.60. The molecule has 8 amide bonds.